The molecule has 4 rings (SSSR count). The molecule has 3 aromatic carbocycles. The highest BCUT2D eigenvalue weighted by Gasteiger charge is 2.63. The highest BCUT2D eigenvalue weighted by atomic mass is 19.3. The van der Waals surface area contributed by atoms with Gasteiger partial charge in [-0.1, -0.05) is 92.2 Å². The predicted octanol–water partition coefficient (Wildman–Crippen LogP) is 8.07. The average Bonchev–Trinajstić information content (AvgIpc) is 2.82. The number of hydrogen-bond donors (Lipinski definition) is 0. The molecule has 0 aromatic heterocycles. The minimum Gasteiger partial charge on any atom is -0.487 e. The van der Waals surface area contributed by atoms with E-state index < -0.39 is 23.2 Å². The first-order valence-corrected chi connectivity index (χ1v) is 10.9. The molecule has 0 saturated heterocycles. The number of alkyl halides is 4. The summed E-state index contributed by atoms with van der Waals surface area (Å²) in [5.41, 5.74) is 2.93. The summed E-state index contributed by atoms with van der Waals surface area (Å²) < 4.78 is 64.5. The van der Waals surface area contributed by atoms with Crippen LogP contribution in [0.2, 0.25) is 0 Å². The molecule has 3 aromatic rings. The minimum atomic E-state index is -4.46. The fraction of sp³-hybridized carbons (Fsp3) is 0.214. The largest absolute Gasteiger partial charge is 0.487 e. The molecule has 0 amide bonds. The Labute approximate surface area is 191 Å². The third kappa shape index (κ3) is 4.58. The zero-order valence-corrected chi connectivity index (χ0v) is 18.2. The van der Waals surface area contributed by atoms with Crippen molar-refractivity contribution in [2.24, 2.45) is 0 Å². The van der Waals surface area contributed by atoms with Crippen molar-refractivity contribution in [2.75, 3.05) is 0 Å². The maximum absolute atomic E-state index is 14.9. The van der Waals surface area contributed by atoms with Gasteiger partial charge in [-0.3, -0.25) is 0 Å². The Hall–Kier alpha value is -3.34. The first-order valence-electron chi connectivity index (χ1n) is 10.9. The summed E-state index contributed by atoms with van der Waals surface area (Å²) in [6, 6.07) is 23.2. The molecular formula is C28H24F4O. The number of ether oxygens (including phenoxy) is 1. The van der Waals surface area contributed by atoms with Crippen molar-refractivity contribution < 1.29 is 22.3 Å². The van der Waals surface area contributed by atoms with Crippen molar-refractivity contribution in [1.82, 2.24) is 0 Å². The van der Waals surface area contributed by atoms with Crippen molar-refractivity contribution in [2.45, 2.75) is 38.2 Å². The van der Waals surface area contributed by atoms with Gasteiger partial charge in [0.15, 0.2) is 5.76 Å². The van der Waals surface area contributed by atoms with E-state index in [0.717, 1.165) is 41.7 Å². The molecule has 1 nitrogen and oxygen atoms in total. The maximum atomic E-state index is 14.9. The van der Waals surface area contributed by atoms with Crippen LogP contribution in [0.3, 0.4) is 0 Å². The Morgan fingerprint density at radius 1 is 0.636 bits per heavy atom. The molecule has 0 saturated carbocycles. The quantitative estimate of drug-likeness (QED) is 0.329. The molecule has 5 heteroatoms. The van der Waals surface area contributed by atoms with Crippen LogP contribution in [0, 0.1) is 0 Å². The van der Waals surface area contributed by atoms with E-state index >= 15 is 0 Å². The molecule has 0 fully saturated rings. The van der Waals surface area contributed by atoms with Crippen molar-refractivity contribution in [3.05, 3.63) is 113 Å². The Kier molecular flexibility index (Phi) is 6.41. The minimum absolute atomic E-state index is 0.0753. The standard InChI is InChI=1S/C28H24F4O/c1-2-6-20-9-15-24(16-10-20)25-17-18-26(28(31,32)27(25,29)30)33-19-21-11-13-23(14-12-21)22-7-4-3-5-8-22/h3-5,7-18H,2,6,19H2,1H3. The summed E-state index contributed by atoms with van der Waals surface area (Å²) in [6.07, 6.45) is 3.69. The number of allylic oxidation sites excluding steroid dienone is 4. The highest BCUT2D eigenvalue weighted by molar-refractivity contribution is 5.75. The van der Waals surface area contributed by atoms with Crippen LogP contribution in [0.15, 0.2) is 96.8 Å². The zero-order chi connectivity index (χ0) is 23.5. The summed E-state index contributed by atoms with van der Waals surface area (Å²) in [5.74, 6) is -9.88. The van der Waals surface area contributed by atoms with E-state index in [-0.39, 0.29) is 12.2 Å². The van der Waals surface area contributed by atoms with Crippen LogP contribution in [0.25, 0.3) is 16.7 Å². The first-order chi connectivity index (χ1) is 15.8. The number of aryl methyl sites for hydroxylation is 1. The van der Waals surface area contributed by atoms with Crippen molar-refractivity contribution >= 4 is 5.57 Å². The summed E-state index contributed by atoms with van der Waals surface area (Å²) in [7, 11) is 0. The Balaban J connectivity index is 1.52. The summed E-state index contributed by atoms with van der Waals surface area (Å²) in [5, 5.41) is 0. The van der Waals surface area contributed by atoms with E-state index in [9.17, 15) is 17.6 Å². The number of hydrogen-bond acceptors (Lipinski definition) is 1. The van der Waals surface area contributed by atoms with E-state index in [1.54, 1.807) is 24.3 Å². The molecule has 0 radical (unpaired) electrons. The van der Waals surface area contributed by atoms with Gasteiger partial charge in [-0.25, -0.2) is 0 Å². The first kappa shape index (κ1) is 22.8. The van der Waals surface area contributed by atoms with Crippen LogP contribution in [-0.2, 0) is 17.8 Å². The third-order valence-electron chi connectivity index (χ3n) is 5.70. The fourth-order valence-corrected chi connectivity index (χ4v) is 3.83. The lowest BCUT2D eigenvalue weighted by Gasteiger charge is -2.33. The lowest BCUT2D eigenvalue weighted by atomic mass is 9.89. The zero-order valence-electron chi connectivity index (χ0n) is 18.2. The highest BCUT2D eigenvalue weighted by Crippen LogP contribution is 2.51. The lowest BCUT2D eigenvalue weighted by Crippen LogP contribution is -2.45. The molecule has 33 heavy (non-hydrogen) atoms. The van der Waals surface area contributed by atoms with Crippen molar-refractivity contribution in [1.29, 1.82) is 0 Å². The molecule has 0 spiro atoms. The van der Waals surface area contributed by atoms with Crippen molar-refractivity contribution in [3.63, 3.8) is 0 Å². The van der Waals surface area contributed by atoms with Gasteiger partial charge in [0.2, 0.25) is 0 Å². The number of halogens is 4. The second kappa shape index (κ2) is 9.26. The van der Waals surface area contributed by atoms with Gasteiger partial charge in [-0.15, -0.1) is 0 Å². The fourth-order valence-electron chi connectivity index (χ4n) is 3.83. The van der Waals surface area contributed by atoms with Crippen LogP contribution < -0.4 is 0 Å². The van der Waals surface area contributed by atoms with Gasteiger partial charge >= 0.3 is 11.8 Å². The smallest absolute Gasteiger partial charge is 0.370 e. The van der Waals surface area contributed by atoms with E-state index in [2.05, 4.69) is 0 Å². The van der Waals surface area contributed by atoms with Gasteiger partial charge in [-0.05, 0) is 46.4 Å². The van der Waals surface area contributed by atoms with Gasteiger partial charge in [-0.2, -0.15) is 17.6 Å². The van der Waals surface area contributed by atoms with Gasteiger partial charge in [0.25, 0.3) is 0 Å². The molecule has 0 bridgehead atoms. The number of rotatable bonds is 7. The normalized spacial score (nSPS) is 16.6. The monoisotopic (exact) mass is 452 g/mol. The lowest BCUT2D eigenvalue weighted by molar-refractivity contribution is -0.173. The van der Waals surface area contributed by atoms with Gasteiger partial charge in [0.05, 0.1) is 0 Å². The average molecular weight is 452 g/mol. The van der Waals surface area contributed by atoms with Gasteiger partial charge < -0.3 is 4.74 Å². The van der Waals surface area contributed by atoms with Crippen LogP contribution >= 0.6 is 0 Å². The molecule has 0 N–H and O–H groups in total. The third-order valence-corrected chi connectivity index (χ3v) is 5.70. The molecule has 1 aliphatic rings. The summed E-state index contributed by atoms with van der Waals surface area (Å²) in [6.45, 7) is 1.78. The van der Waals surface area contributed by atoms with E-state index in [1.807, 2.05) is 49.4 Å². The second-order valence-corrected chi connectivity index (χ2v) is 8.06. The van der Waals surface area contributed by atoms with E-state index in [4.69, 9.17) is 4.74 Å². The Morgan fingerprint density at radius 3 is 1.85 bits per heavy atom. The molecule has 0 heterocycles. The van der Waals surface area contributed by atoms with Crippen LogP contribution in [0.4, 0.5) is 17.6 Å². The molecule has 1 aliphatic carbocycles. The Bertz CT molecular complexity index is 1140. The van der Waals surface area contributed by atoms with Crippen LogP contribution in [0.5, 0.6) is 0 Å². The van der Waals surface area contributed by atoms with Gasteiger partial charge in [0, 0.05) is 5.57 Å². The van der Waals surface area contributed by atoms with E-state index in [0.29, 0.717) is 5.56 Å². The number of benzene rings is 3. The summed E-state index contributed by atoms with van der Waals surface area (Å²) >= 11 is 0. The van der Waals surface area contributed by atoms with Crippen LogP contribution in [-0.4, -0.2) is 11.8 Å². The van der Waals surface area contributed by atoms with Crippen LogP contribution in [0.1, 0.15) is 30.0 Å². The van der Waals surface area contributed by atoms with Crippen molar-refractivity contribution in [3.8, 4) is 11.1 Å². The van der Waals surface area contributed by atoms with E-state index in [1.165, 1.54) is 12.1 Å². The van der Waals surface area contributed by atoms with Gasteiger partial charge in [0.1, 0.15) is 6.61 Å². The molecular weight excluding hydrogens is 428 g/mol. The summed E-state index contributed by atoms with van der Waals surface area (Å²) in [4.78, 5) is 0. The SMILES string of the molecule is CCCc1ccc(C2=CC=C(OCc3ccc(-c4ccccc4)cc3)C(F)(F)C2(F)F)cc1. The topological polar surface area (TPSA) is 9.23 Å². The second-order valence-electron chi connectivity index (χ2n) is 8.06. The molecule has 0 aliphatic heterocycles. The molecule has 0 unspecified atom stereocenters. The maximum Gasteiger partial charge on any atom is 0.370 e. The predicted molar refractivity (Wildman–Crippen MR) is 123 cm³/mol. The Morgan fingerprint density at radius 2 is 1.21 bits per heavy atom. The molecule has 170 valence electrons. The molecule has 0 atom stereocenters.